The van der Waals surface area contributed by atoms with E-state index in [4.69, 9.17) is 0 Å². The number of hydrogen-bond donors (Lipinski definition) is 1. The predicted molar refractivity (Wildman–Crippen MR) is 94.7 cm³/mol. The molecule has 1 aliphatic carbocycles. The third-order valence-electron chi connectivity index (χ3n) is 6.13. The zero-order chi connectivity index (χ0) is 16.8. The van der Waals surface area contributed by atoms with Gasteiger partial charge >= 0.3 is 6.03 Å². The highest BCUT2D eigenvalue weighted by Gasteiger charge is 2.32. The van der Waals surface area contributed by atoms with Crippen molar-refractivity contribution in [2.24, 2.45) is 11.8 Å². The van der Waals surface area contributed by atoms with Gasteiger partial charge in [-0.05, 0) is 50.4 Å². The van der Waals surface area contributed by atoms with Gasteiger partial charge in [0.2, 0.25) is 5.91 Å². The van der Waals surface area contributed by atoms with E-state index in [1.807, 2.05) is 9.80 Å². The Labute approximate surface area is 146 Å². The summed E-state index contributed by atoms with van der Waals surface area (Å²) in [5.74, 6) is 1.83. The molecule has 0 radical (unpaired) electrons. The molecule has 2 atom stereocenters. The van der Waals surface area contributed by atoms with Gasteiger partial charge in [0.1, 0.15) is 0 Å². The van der Waals surface area contributed by atoms with Crippen LogP contribution in [0.2, 0.25) is 0 Å². The van der Waals surface area contributed by atoms with Gasteiger partial charge in [0.05, 0.1) is 0 Å². The molecule has 0 bridgehead atoms. The van der Waals surface area contributed by atoms with Crippen LogP contribution in [0, 0.1) is 11.8 Å². The van der Waals surface area contributed by atoms with E-state index in [9.17, 15) is 9.59 Å². The van der Waals surface area contributed by atoms with Gasteiger partial charge in [-0.1, -0.05) is 19.3 Å². The fourth-order valence-electron chi connectivity index (χ4n) is 4.63. The Morgan fingerprint density at radius 1 is 0.833 bits per heavy atom. The summed E-state index contributed by atoms with van der Waals surface area (Å²) in [5, 5.41) is 3.02. The lowest BCUT2D eigenvalue weighted by atomic mass is 9.75. The molecule has 5 nitrogen and oxygen atoms in total. The number of nitrogens with one attached hydrogen (secondary N) is 1. The van der Waals surface area contributed by atoms with Crippen LogP contribution in [-0.4, -0.2) is 54.5 Å². The minimum Gasteiger partial charge on any atom is -0.343 e. The Kier molecular flexibility index (Phi) is 6.38. The molecule has 24 heavy (non-hydrogen) atoms. The Morgan fingerprint density at radius 3 is 2.38 bits per heavy atom. The minimum absolute atomic E-state index is 0.0736. The summed E-state index contributed by atoms with van der Waals surface area (Å²) in [4.78, 5) is 28.4. The molecule has 136 valence electrons. The Bertz CT molecular complexity index is 434. The summed E-state index contributed by atoms with van der Waals surface area (Å²) < 4.78 is 0. The Balaban J connectivity index is 1.31. The summed E-state index contributed by atoms with van der Waals surface area (Å²) in [6.45, 7) is 4.29. The van der Waals surface area contributed by atoms with E-state index in [0.717, 1.165) is 57.3 Å². The summed E-state index contributed by atoms with van der Waals surface area (Å²) in [7, 11) is 0. The maximum Gasteiger partial charge on any atom is 0.317 e. The normalized spacial score (nSPS) is 27.5. The molecule has 2 aliphatic heterocycles. The Morgan fingerprint density at radius 2 is 1.58 bits per heavy atom. The SMILES string of the molecule is O=C(CCCNC(=O)N1CCC2CCCCC2C1)N1CCCCC1. The van der Waals surface area contributed by atoms with Crippen LogP contribution in [0.5, 0.6) is 0 Å². The van der Waals surface area contributed by atoms with Crippen LogP contribution in [0.1, 0.15) is 64.2 Å². The fourth-order valence-corrected chi connectivity index (χ4v) is 4.63. The van der Waals surface area contributed by atoms with Gasteiger partial charge in [0.25, 0.3) is 0 Å². The van der Waals surface area contributed by atoms with Gasteiger partial charge < -0.3 is 15.1 Å². The van der Waals surface area contributed by atoms with Gasteiger partial charge in [-0.25, -0.2) is 4.79 Å². The van der Waals surface area contributed by atoms with E-state index in [-0.39, 0.29) is 11.9 Å². The maximum atomic E-state index is 12.3. The van der Waals surface area contributed by atoms with Crippen LogP contribution in [0.4, 0.5) is 4.79 Å². The average molecular weight is 335 g/mol. The van der Waals surface area contributed by atoms with Crippen LogP contribution in [0.15, 0.2) is 0 Å². The summed E-state index contributed by atoms with van der Waals surface area (Å²) in [5.41, 5.74) is 0. The zero-order valence-corrected chi connectivity index (χ0v) is 15.0. The molecule has 3 fully saturated rings. The first-order valence-electron chi connectivity index (χ1n) is 10.0. The quantitative estimate of drug-likeness (QED) is 0.803. The number of carbonyl (C=O) groups is 2. The van der Waals surface area contributed by atoms with Crippen molar-refractivity contribution in [2.75, 3.05) is 32.7 Å². The molecule has 1 N–H and O–H groups in total. The number of carbonyl (C=O) groups excluding carboxylic acids is 2. The van der Waals surface area contributed by atoms with E-state index >= 15 is 0 Å². The van der Waals surface area contributed by atoms with Gasteiger partial charge in [-0.3, -0.25) is 4.79 Å². The molecule has 2 unspecified atom stereocenters. The van der Waals surface area contributed by atoms with Crippen molar-refractivity contribution in [1.82, 2.24) is 15.1 Å². The van der Waals surface area contributed by atoms with Crippen molar-refractivity contribution in [2.45, 2.75) is 64.2 Å². The number of amides is 3. The fraction of sp³-hybridized carbons (Fsp3) is 0.895. The first kappa shape index (κ1) is 17.6. The van der Waals surface area contributed by atoms with Crippen molar-refractivity contribution in [3.05, 3.63) is 0 Å². The molecule has 0 aromatic heterocycles. The monoisotopic (exact) mass is 335 g/mol. The van der Waals surface area contributed by atoms with Gasteiger partial charge in [0, 0.05) is 39.1 Å². The van der Waals surface area contributed by atoms with E-state index in [2.05, 4.69) is 5.32 Å². The smallest absolute Gasteiger partial charge is 0.317 e. The van der Waals surface area contributed by atoms with Crippen molar-refractivity contribution in [3.8, 4) is 0 Å². The lowest BCUT2D eigenvalue weighted by molar-refractivity contribution is -0.132. The second-order valence-electron chi connectivity index (χ2n) is 7.82. The molecule has 0 aromatic rings. The van der Waals surface area contributed by atoms with Crippen molar-refractivity contribution >= 4 is 11.9 Å². The summed E-state index contributed by atoms with van der Waals surface area (Å²) in [6, 6.07) is 0.0736. The van der Waals surface area contributed by atoms with Gasteiger partial charge in [-0.15, -0.1) is 0 Å². The average Bonchev–Trinajstić information content (AvgIpc) is 2.65. The molecule has 0 spiro atoms. The number of fused-ring (bicyclic) bond motifs is 1. The standard InChI is InChI=1S/C19H33N3O2/c23-18(21-12-4-1-5-13-21)9-6-11-20-19(24)22-14-10-16-7-2-3-8-17(16)15-22/h16-17H,1-15H2,(H,20,24). The number of rotatable bonds is 4. The van der Waals surface area contributed by atoms with Crippen LogP contribution >= 0.6 is 0 Å². The zero-order valence-electron chi connectivity index (χ0n) is 15.0. The summed E-state index contributed by atoms with van der Waals surface area (Å²) >= 11 is 0. The molecule has 1 saturated carbocycles. The number of hydrogen-bond acceptors (Lipinski definition) is 2. The summed E-state index contributed by atoms with van der Waals surface area (Å²) in [6.07, 6.45) is 11.4. The van der Waals surface area contributed by atoms with E-state index in [1.165, 1.54) is 38.5 Å². The Hall–Kier alpha value is -1.26. The molecule has 3 amide bonds. The highest BCUT2D eigenvalue weighted by molar-refractivity contribution is 5.76. The highest BCUT2D eigenvalue weighted by Crippen LogP contribution is 2.35. The van der Waals surface area contributed by atoms with Crippen LogP contribution in [0.3, 0.4) is 0 Å². The molecule has 3 aliphatic rings. The molecule has 3 rings (SSSR count). The minimum atomic E-state index is 0.0736. The third-order valence-corrected chi connectivity index (χ3v) is 6.13. The van der Waals surface area contributed by atoms with Gasteiger partial charge in [-0.2, -0.15) is 0 Å². The molecular formula is C19H33N3O2. The van der Waals surface area contributed by atoms with Gasteiger partial charge in [0.15, 0.2) is 0 Å². The third kappa shape index (κ3) is 4.64. The van der Waals surface area contributed by atoms with Crippen LogP contribution in [0.25, 0.3) is 0 Å². The predicted octanol–water partition coefficient (Wildman–Crippen LogP) is 3.00. The lowest BCUT2D eigenvalue weighted by Crippen LogP contribution is -2.49. The number of urea groups is 1. The first-order chi connectivity index (χ1) is 11.7. The van der Waals surface area contributed by atoms with E-state index in [1.54, 1.807) is 0 Å². The molecule has 5 heteroatoms. The molecule has 2 heterocycles. The number of nitrogens with zero attached hydrogens (tertiary/aromatic N) is 2. The van der Waals surface area contributed by atoms with E-state index < -0.39 is 0 Å². The van der Waals surface area contributed by atoms with Crippen molar-refractivity contribution in [1.29, 1.82) is 0 Å². The molecular weight excluding hydrogens is 302 g/mol. The topological polar surface area (TPSA) is 52.7 Å². The van der Waals surface area contributed by atoms with Crippen molar-refractivity contribution in [3.63, 3.8) is 0 Å². The van der Waals surface area contributed by atoms with Crippen LogP contribution in [-0.2, 0) is 4.79 Å². The lowest BCUT2D eigenvalue weighted by Gasteiger charge is -2.41. The second-order valence-corrected chi connectivity index (χ2v) is 7.82. The first-order valence-corrected chi connectivity index (χ1v) is 10.0. The number of piperidine rings is 2. The molecule has 0 aromatic carbocycles. The van der Waals surface area contributed by atoms with Crippen molar-refractivity contribution < 1.29 is 9.59 Å². The maximum absolute atomic E-state index is 12.3. The second kappa shape index (κ2) is 8.72. The van der Waals surface area contributed by atoms with E-state index in [0.29, 0.717) is 13.0 Å². The largest absolute Gasteiger partial charge is 0.343 e. The highest BCUT2D eigenvalue weighted by atomic mass is 16.2. The van der Waals surface area contributed by atoms with Crippen LogP contribution < -0.4 is 5.32 Å². The molecule has 2 saturated heterocycles. The number of likely N-dealkylation sites (tertiary alicyclic amines) is 2.